The van der Waals surface area contributed by atoms with Crippen molar-refractivity contribution in [2.24, 2.45) is 0 Å². The van der Waals surface area contributed by atoms with Crippen LogP contribution < -0.4 is 5.32 Å². The average molecular weight is 251 g/mol. The highest BCUT2D eigenvalue weighted by Crippen LogP contribution is 2.18. The van der Waals surface area contributed by atoms with Gasteiger partial charge >= 0.3 is 0 Å². The Morgan fingerprint density at radius 1 is 1.41 bits per heavy atom. The van der Waals surface area contributed by atoms with Crippen molar-refractivity contribution >= 4 is 22.2 Å². The molecular formula is C10H13N5OS. The lowest BCUT2D eigenvalue weighted by atomic mass is 9.95. The fourth-order valence-corrected chi connectivity index (χ4v) is 2.87. The van der Waals surface area contributed by atoms with Crippen LogP contribution in [0.5, 0.6) is 0 Å². The summed E-state index contributed by atoms with van der Waals surface area (Å²) in [5.41, 5.74) is 0. The molecule has 0 radical (unpaired) electrons. The Labute approximate surface area is 102 Å². The van der Waals surface area contributed by atoms with Crippen LogP contribution in [0, 0.1) is 0 Å². The van der Waals surface area contributed by atoms with Gasteiger partial charge in [-0.1, -0.05) is 30.6 Å². The molecule has 1 aliphatic carbocycles. The van der Waals surface area contributed by atoms with E-state index in [2.05, 4.69) is 20.6 Å². The van der Waals surface area contributed by atoms with Gasteiger partial charge in [0, 0.05) is 6.04 Å². The number of hydrogen-bond acceptors (Lipinski definition) is 5. The molecule has 1 saturated carbocycles. The van der Waals surface area contributed by atoms with Gasteiger partial charge in [0.05, 0.1) is 0 Å². The number of amides is 1. The van der Waals surface area contributed by atoms with Crippen molar-refractivity contribution in [3.05, 3.63) is 11.3 Å². The molecule has 0 aliphatic heterocycles. The lowest BCUT2D eigenvalue weighted by Crippen LogP contribution is -2.36. The predicted molar refractivity (Wildman–Crippen MR) is 63.0 cm³/mol. The van der Waals surface area contributed by atoms with Gasteiger partial charge in [-0.25, -0.2) is 0 Å². The third kappa shape index (κ3) is 2.14. The largest absolute Gasteiger partial charge is 0.347 e. The first kappa shape index (κ1) is 10.6. The molecule has 2 heterocycles. The summed E-state index contributed by atoms with van der Waals surface area (Å²) in [5, 5.41) is 15.2. The van der Waals surface area contributed by atoms with E-state index in [1.54, 1.807) is 0 Å². The second kappa shape index (κ2) is 4.40. The molecule has 2 aromatic heterocycles. The lowest BCUT2D eigenvalue weighted by molar-refractivity contribution is 0.0926. The molecule has 0 saturated heterocycles. The summed E-state index contributed by atoms with van der Waals surface area (Å²) in [5.74, 6) is -0.0904. The zero-order chi connectivity index (χ0) is 11.7. The Hall–Kier alpha value is -1.50. The molecule has 90 valence electrons. The van der Waals surface area contributed by atoms with Gasteiger partial charge in [-0.15, -0.1) is 15.3 Å². The second-order valence-corrected chi connectivity index (χ2v) is 5.23. The highest BCUT2D eigenvalue weighted by atomic mass is 32.1. The number of aromatic nitrogens is 4. The van der Waals surface area contributed by atoms with Crippen molar-refractivity contribution in [1.29, 1.82) is 0 Å². The summed E-state index contributed by atoms with van der Waals surface area (Å²) in [7, 11) is 0. The number of nitrogens with one attached hydrogen (secondary N) is 1. The van der Waals surface area contributed by atoms with Gasteiger partial charge in [0.2, 0.25) is 9.97 Å². The SMILES string of the molecule is O=C(NC1CCCCC1)c1nn2cnnc2s1. The molecular weight excluding hydrogens is 238 g/mol. The summed E-state index contributed by atoms with van der Waals surface area (Å²) in [4.78, 5) is 12.6. The maximum absolute atomic E-state index is 12.0. The predicted octanol–water partition coefficient (Wildman–Crippen LogP) is 1.25. The Morgan fingerprint density at radius 3 is 3.00 bits per heavy atom. The van der Waals surface area contributed by atoms with Crippen LogP contribution >= 0.6 is 11.3 Å². The van der Waals surface area contributed by atoms with E-state index in [4.69, 9.17) is 0 Å². The fourth-order valence-electron chi connectivity index (χ4n) is 2.15. The number of carbonyl (C=O) groups is 1. The first-order valence-corrected chi connectivity index (χ1v) is 6.62. The quantitative estimate of drug-likeness (QED) is 0.871. The molecule has 6 nitrogen and oxygen atoms in total. The molecule has 2 aromatic rings. The second-order valence-electron chi connectivity index (χ2n) is 4.27. The summed E-state index contributed by atoms with van der Waals surface area (Å²) >= 11 is 1.27. The Kier molecular flexibility index (Phi) is 2.76. The third-order valence-corrected chi connectivity index (χ3v) is 3.93. The highest BCUT2D eigenvalue weighted by Gasteiger charge is 2.19. The summed E-state index contributed by atoms with van der Waals surface area (Å²) < 4.78 is 1.53. The van der Waals surface area contributed by atoms with Crippen molar-refractivity contribution < 1.29 is 4.79 Å². The number of rotatable bonds is 2. The van der Waals surface area contributed by atoms with Gasteiger partial charge in [0.25, 0.3) is 5.91 Å². The number of fused-ring (bicyclic) bond motifs is 1. The van der Waals surface area contributed by atoms with Gasteiger partial charge in [-0.05, 0) is 12.8 Å². The highest BCUT2D eigenvalue weighted by molar-refractivity contribution is 7.18. The first-order valence-electron chi connectivity index (χ1n) is 5.80. The van der Waals surface area contributed by atoms with Crippen molar-refractivity contribution in [2.75, 3.05) is 0 Å². The fraction of sp³-hybridized carbons (Fsp3) is 0.600. The van der Waals surface area contributed by atoms with Crippen LogP contribution in [0.25, 0.3) is 4.96 Å². The Bertz CT molecular complexity index is 499. The van der Waals surface area contributed by atoms with Crippen molar-refractivity contribution in [2.45, 2.75) is 38.1 Å². The van der Waals surface area contributed by atoms with Gasteiger partial charge < -0.3 is 5.32 Å². The van der Waals surface area contributed by atoms with E-state index in [1.165, 1.54) is 41.4 Å². The number of hydrogen-bond donors (Lipinski definition) is 1. The zero-order valence-corrected chi connectivity index (χ0v) is 10.1. The standard InChI is InChI=1S/C10H13N5OS/c16-8(12-7-4-2-1-3-5-7)9-14-15-6-11-13-10(15)17-9/h6-7H,1-5H2,(H,12,16). The van der Waals surface area contributed by atoms with E-state index in [1.807, 2.05) is 0 Å². The van der Waals surface area contributed by atoms with Crippen molar-refractivity contribution in [3.8, 4) is 0 Å². The summed E-state index contributed by atoms with van der Waals surface area (Å²) in [6, 6.07) is 0.311. The lowest BCUT2D eigenvalue weighted by Gasteiger charge is -2.21. The first-order chi connectivity index (χ1) is 8.33. The van der Waals surface area contributed by atoms with Crippen LogP contribution in [0.3, 0.4) is 0 Å². The van der Waals surface area contributed by atoms with Gasteiger partial charge in [-0.3, -0.25) is 4.79 Å². The minimum absolute atomic E-state index is 0.0904. The van der Waals surface area contributed by atoms with E-state index < -0.39 is 0 Å². The number of nitrogens with zero attached hydrogens (tertiary/aromatic N) is 4. The van der Waals surface area contributed by atoms with Crippen molar-refractivity contribution in [1.82, 2.24) is 25.1 Å². The normalized spacial score (nSPS) is 17.4. The monoisotopic (exact) mass is 251 g/mol. The molecule has 3 rings (SSSR count). The zero-order valence-electron chi connectivity index (χ0n) is 9.30. The molecule has 0 atom stereocenters. The minimum atomic E-state index is -0.0904. The molecule has 1 amide bonds. The molecule has 0 bridgehead atoms. The molecule has 0 unspecified atom stereocenters. The van der Waals surface area contributed by atoms with Crippen LogP contribution in [0.15, 0.2) is 6.33 Å². The third-order valence-electron chi connectivity index (χ3n) is 3.02. The topological polar surface area (TPSA) is 72.2 Å². The Morgan fingerprint density at radius 2 is 2.24 bits per heavy atom. The maximum atomic E-state index is 12.0. The molecule has 7 heteroatoms. The van der Waals surface area contributed by atoms with Crippen molar-refractivity contribution in [3.63, 3.8) is 0 Å². The molecule has 17 heavy (non-hydrogen) atoms. The van der Waals surface area contributed by atoms with Crippen LogP contribution in [-0.4, -0.2) is 31.8 Å². The molecule has 1 fully saturated rings. The van der Waals surface area contributed by atoms with E-state index in [0.717, 1.165) is 12.8 Å². The van der Waals surface area contributed by atoms with Gasteiger partial charge in [0.1, 0.15) is 6.33 Å². The Balaban J connectivity index is 1.71. The summed E-state index contributed by atoms with van der Waals surface area (Å²) in [6.07, 6.45) is 7.35. The smallest absolute Gasteiger partial charge is 0.282 e. The van der Waals surface area contributed by atoms with Crippen LogP contribution in [-0.2, 0) is 0 Å². The molecule has 0 aromatic carbocycles. The minimum Gasteiger partial charge on any atom is -0.347 e. The van der Waals surface area contributed by atoms with Crippen LogP contribution in [0.4, 0.5) is 0 Å². The molecule has 0 spiro atoms. The van der Waals surface area contributed by atoms with E-state index >= 15 is 0 Å². The molecule has 1 N–H and O–H groups in total. The van der Waals surface area contributed by atoms with Gasteiger partial charge in [-0.2, -0.15) is 4.52 Å². The van der Waals surface area contributed by atoms with E-state index in [0.29, 0.717) is 16.0 Å². The van der Waals surface area contributed by atoms with Crippen LogP contribution in [0.2, 0.25) is 0 Å². The summed E-state index contributed by atoms with van der Waals surface area (Å²) in [6.45, 7) is 0. The van der Waals surface area contributed by atoms with Gasteiger partial charge in [0.15, 0.2) is 0 Å². The van der Waals surface area contributed by atoms with E-state index in [9.17, 15) is 4.79 Å². The number of carbonyl (C=O) groups excluding carboxylic acids is 1. The maximum Gasteiger partial charge on any atom is 0.282 e. The average Bonchev–Trinajstić information content (AvgIpc) is 2.90. The van der Waals surface area contributed by atoms with Crippen LogP contribution in [0.1, 0.15) is 41.9 Å². The molecule has 1 aliphatic rings. The van der Waals surface area contributed by atoms with E-state index in [-0.39, 0.29) is 5.91 Å².